The van der Waals surface area contributed by atoms with Gasteiger partial charge in [0.15, 0.2) is 6.29 Å². The van der Waals surface area contributed by atoms with Crippen molar-refractivity contribution in [3.63, 3.8) is 0 Å². The highest BCUT2D eigenvalue weighted by molar-refractivity contribution is 5.92. The number of hydrogen-bond donors (Lipinski definition) is 1. The molecule has 5 rings (SSSR count). The third-order valence-electron chi connectivity index (χ3n) is 7.76. The maximum Gasteiger partial charge on any atom is 0.336 e. The molecule has 0 bridgehead atoms. The summed E-state index contributed by atoms with van der Waals surface area (Å²) < 4.78 is 23.8. The number of aromatic carboxylic acids is 1. The minimum absolute atomic E-state index is 0.211. The van der Waals surface area contributed by atoms with Crippen molar-refractivity contribution in [2.45, 2.75) is 110 Å². The number of carboxylic acids is 1. The first-order chi connectivity index (χ1) is 18.6. The number of ether oxygens (including phenoxy) is 4. The maximum atomic E-state index is 12.3. The van der Waals surface area contributed by atoms with E-state index in [1.54, 1.807) is 12.4 Å². The number of hydrogen-bond acceptors (Lipinski definition) is 7. The van der Waals surface area contributed by atoms with Crippen LogP contribution in [0.15, 0.2) is 30.6 Å². The number of fused-ring (bicyclic) bond motifs is 1. The molecule has 2 aromatic rings. The average molecular weight is 540 g/mol. The van der Waals surface area contributed by atoms with Crippen molar-refractivity contribution in [1.82, 2.24) is 4.98 Å². The smallest absolute Gasteiger partial charge is 0.336 e. The number of rotatable bonds is 6. The molecule has 3 atom stereocenters. The summed E-state index contributed by atoms with van der Waals surface area (Å²) >= 11 is 0. The number of benzene rings is 1. The van der Waals surface area contributed by atoms with Crippen molar-refractivity contribution in [2.24, 2.45) is 0 Å². The molecule has 0 amide bonds. The van der Waals surface area contributed by atoms with Gasteiger partial charge >= 0.3 is 11.9 Å². The Hall–Kier alpha value is -2.97. The molecular weight excluding hydrogens is 498 g/mol. The summed E-state index contributed by atoms with van der Waals surface area (Å²) in [6, 6.07) is 5.72. The van der Waals surface area contributed by atoms with Gasteiger partial charge in [-0.1, -0.05) is 6.07 Å². The third-order valence-corrected chi connectivity index (χ3v) is 7.76. The van der Waals surface area contributed by atoms with Crippen molar-refractivity contribution < 1.29 is 33.6 Å². The van der Waals surface area contributed by atoms with Crippen LogP contribution in [0.5, 0.6) is 5.75 Å². The van der Waals surface area contributed by atoms with Gasteiger partial charge in [0.25, 0.3) is 0 Å². The maximum absolute atomic E-state index is 12.3. The number of cyclic esters (lactones) is 1. The van der Waals surface area contributed by atoms with Crippen LogP contribution in [0.4, 0.5) is 0 Å². The lowest BCUT2D eigenvalue weighted by Crippen LogP contribution is -2.38. The zero-order valence-electron chi connectivity index (χ0n) is 23.5. The fraction of sp³-hybridized carbons (Fsp3) is 0.581. The normalized spacial score (nSPS) is 23.9. The Bertz CT molecular complexity index is 1110. The predicted molar refractivity (Wildman–Crippen MR) is 146 cm³/mol. The van der Waals surface area contributed by atoms with E-state index in [0.717, 1.165) is 60.1 Å². The van der Waals surface area contributed by atoms with Crippen LogP contribution in [0.2, 0.25) is 0 Å². The highest BCUT2D eigenvalue weighted by atomic mass is 16.7. The molecule has 212 valence electrons. The van der Waals surface area contributed by atoms with Gasteiger partial charge in [-0.2, -0.15) is 0 Å². The van der Waals surface area contributed by atoms with Crippen LogP contribution in [0.25, 0.3) is 0 Å². The van der Waals surface area contributed by atoms with E-state index >= 15 is 0 Å². The summed E-state index contributed by atoms with van der Waals surface area (Å²) in [5.41, 5.74) is 3.49. The molecule has 8 heteroatoms. The molecule has 4 heterocycles. The number of carbonyl (C=O) groups is 2. The quantitative estimate of drug-likeness (QED) is 0.464. The van der Waals surface area contributed by atoms with Gasteiger partial charge in [0.2, 0.25) is 0 Å². The first-order valence-corrected chi connectivity index (χ1v) is 14.0. The van der Waals surface area contributed by atoms with Gasteiger partial charge in [-0.3, -0.25) is 9.78 Å². The SMILES string of the molecule is Cc1c(CCC2CC(OC3CCCCO3)CC(=O)O2)c2c(c(C)c1C(=O)O)CCC(C)(C)O2.c1ccncc1. The summed E-state index contributed by atoms with van der Waals surface area (Å²) in [6.07, 6.45) is 9.42. The molecule has 0 radical (unpaired) electrons. The number of carboxylic acid groups (broad SMARTS) is 1. The lowest BCUT2D eigenvalue weighted by atomic mass is 9.83. The first-order valence-electron chi connectivity index (χ1n) is 14.0. The van der Waals surface area contributed by atoms with E-state index in [1.165, 1.54) is 0 Å². The highest BCUT2D eigenvalue weighted by Crippen LogP contribution is 2.42. The second-order valence-electron chi connectivity index (χ2n) is 11.2. The zero-order chi connectivity index (χ0) is 28.0. The van der Waals surface area contributed by atoms with Crippen molar-refractivity contribution in [1.29, 1.82) is 0 Å². The lowest BCUT2D eigenvalue weighted by molar-refractivity contribution is -0.209. The Morgan fingerprint density at radius 1 is 1.15 bits per heavy atom. The van der Waals surface area contributed by atoms with Crippen LogP contribution >= 0.6 is 0 Å². The van der Waals surface area contributed by atoms with Gasteiger partial charge in [0.1, 0.15) is 17.5 Å². The number of esters is 1. The topological polar surface area (TPSA) is 104 Å². The van der Waals surface area contributed by atoms with Crippen molar-refractivity contribution >= 4 is 11.9 Å². The van der Waals surface area contributed by atoms with Crippen LogP contribution in [-0.4, -0.2) is 52.7 Å². The van der Waals surface area contributed by atoms with Gasteiger partial charge in [-0.25, -0.2) is 4.79 Å². The summed E-state index contributed by atoms with van der Waals surface area (Å²) in [5.74, 6) is -0.348. The Morgan fingerprint density at radius 3 is 2.54 bits per heavy atom. The second kappa shape index (κ2) is 12.9. The Kier molecular flexibility index (Phi) is 9.62. The molecule has 3 aliphatic heterocycles. The molecule has 1 N–H and O–H groups in total. The monoisotopic (exact) mass is 539 g/mol. The van der Waals surface area contributed by atoms with Crippen LogP contribution in [0, 0.1) is 13.8 Å². The molecule has 2 fully saturated rings. The van der Waals surface area contributed by atoms with Gasteiger partial charge < -0.3 is 24.1 Å². The number of carbonyl (C=O) groups excluding carboxylic acids is 1. The van der Waals surface area contributed by atoms with Crippen LogP contribution in [0.1, 0.15) is 91.4 Å². The summed E-state index contributed by atoms with van der Waals surface area (Å²) in [7, 11) is 0. The predicted octanol–water partition coefficient (Wildman–Crippen LogP) is 5.74. The summed E-state index contributed by atoms with van der Waals surface area (Å²) in [4.78, 5) is 28.1. The average Bonchev–Trinajstić information content (AvgIpc) is 2.89. The molecule has 3 unspecified atom stereocenters. The Labute approximate surface area is 231 Å². The van der Waals surface area contributed by atoms with Gasteiger partial charge in [0.05, 0.1) is 18.1 Å². The van der Waals surface area contributed by atoms with Crippen molar-refractivity contribution in [2.75, 3.05) is 6.61 Å². The highest BCUT2D eigenvalue weighted by Gasteiger charge is 2.35. The Morgan fingerprint density at radius 2 is 1.92 bits per heavy atom. The summed E-state index contributed by atoms with van der Waals surface area (Å²) in [5, 5.41) is 9.88. The minimum atomic E-state index is -0.913. The second-order valence-corrected chi connectivity index (χ2v) is 11.2. The lowest BCUT2D eigenvalue weighted by Gasteiger charge is -2.36. The van der Waals surface area contributed by atoms with Crippen molar-refractivity contribution in [3.8, 4) is 5.75 Å². The van der Waals surface area contributed by atoms with E-state index in [-0.39, 0.29) is 36.5 Å². The number of nitrogens with zero attached hydrogens (tertiary/aromatic N) is 1. The van der Waals surface area contributed by atoms with Crippen LogP contribution < -0.4 is 4.74 Å². The van der Waals surface area contributed by atoms with Crippen molar-refractivity contribution in [3.05, 3.63) is 58.4 Å². The largest absolute Gasteiger partial charge is 0.487 e. The van der Waals surface area contributed by atoms with Crippen LogP contribution in [-0.2, 0) is 31.8 Å². The third kappa shape index (κ3) is 7.57. The van der Waals surface area contributed by atoms with Gasteiger partial charge in [-0.05, 0) is 107 Å². The molecule has 2 saturated heterocycles. The Balaban J connectivity index is 0.000000519. The molecule has 1 aromatic carbocycles. The van der Waals surface area contributed by atoms with E-state index in [0.29, 0.717) is 31.4 Å². The molecule has 39 heavy (non-hydrogen) atoms. The van der Waals surface area contributed by atoms with Gasteiger partial charge in [0, 0.05) is 25.4 Å². The number of aromatic nitrogens is 1. The van der Waals surface area contributed by atoms with E-state index in [9.17, 15) is 14.7 Å². The fourth-order valence-electron chi connectivity index (χ4n) is 5.68. The molecular formula is C31H41NO7. The molecule has 0 saturated carbocycles. The molecule has 0 spiro atoms. The molecule has 8 nitrogen and oxygen atoms in total. The zero-order valence-corrected chi connectivity index (χ0v) is 23.5. The first kappa shape index (κ1) is 29.0. The fourth-order valence-corrected chi connectivity index (χ4v) is 5.68. The van der Waals surface area contributed by atoms with Gasteiger partial charge in [-0.15, -0.1) is 0 Å². The van der Waals surface area contributed by atoms with Crippen LogP contribution in [0.3, 0.4) is 0 Å². The van der Waals surface area contributed by atoms with E-state index < -0.39 is 5.97 Å². The molecule has 1 aromatic heterocycles. The molecule has 3 aliphatic rings. The minimum Gasteiger partial charge on any atom is -0.487 e. The molecule has 0 aliphatic carbocycles. The summed E-state index contributed by atoms with van der Waals surface area (Å²) in [6.45, 7) is 8.56. The number of pyridine rings is 1. The van der Waals surface area contributed by atoms with E-state index in [1.807, 2.05) is 32.0 Å². The van der Waals surface area contributed by atoms with E-state index in [2.05, 4.69) is 18.8 Å². The van der Waals surface area contributed by atoms with E-state index in [4.69, 9.17) is 18.9 Å². The standard InChI is InChI=1S/C26H36O7.C5H5N/c1-15-19(24-20(10-11-26(3,4)33-24)16(2)23(15)25(28)29)9-8-17-13-18(14-21(27)31-17)32-22-7-5-6-12-30-22;1-2-4-6-5-3-1/h17-18,22H,5-14H2,1-4H3,(H,28,29);1-5H.